The summed E-state index contributed by atoms with van der Waals surface area (Å²) < 4.78 is 0. The van der Waals surface area contributed by atoms with Gasteiger partial charge in [0.25, 0.3) is 0 Å². The van der Waals surface area contributed by atoms with Crippen molar-refractivity contribution in [3.05, 3.63) is 77.5 Å². The molecule has 0 fully saturated rings. The van der Waals surface area contributed by atoms with E-state index in [-0.39, 0.29) is 0 Å². The zero-order valence-electron chi connectivity index (χ0n) is 10.7. The molecule has 0 unspecified atom stereocenters. The molecule has 0 amide bonds. The number of hydrogen-bond donors (Lipinski definition) is 1. The van der Waals surface area contributed by atoms with Crippen LogP contribution < -0.4 is 0 Å². The summed E-state index contributed by atoms with van der Waals surface area (Å²) in [6.07, 6.45) is -0.676. The first-order chi connectivity index (χ1) is 9.25. The number of fused-ring (bicyclic) bond motifs is 1. The van der Waals surface area contributed by atoms with Crippen LogP contribution in [0.15, 0.2) is 60.7 Å². The normalized spacial score (nSPS) is 12.5. The maximum atomic E-state index is 10.4. The predicted octanol–water partition coefficient (Wildman–Crippen LogP) is 3.62. The van der Waals surface area contributed by atoms with Gasteiger partial charge in [0.2, 0.25) is 0 Å². The van der Waals surface area contributed by atoms with E-state index in [1.54, 1.807) is 0 Å². The van der Waals surface area contributed by atoms with Crippen molar-refractivity contribution in [2.24, 2.45) is 0 Å². The van der Waals surface area contributed by atoms with Crippen molar-refractivity contribution >= 4 is 10.9 Å². The Morgan fingerprint density at radius 2 is 1.63 bits per heavy atom. The van der Waals surface area contributed by atoms with Gasteiger partial charge in [0.1, 0.15) is 6.10 Å². The lowest BCUT2D eigenvalue weighted by Gasteiger charge is -2.12. The average molecular weight is 249 g/mol. The van der Waals surface area contributed by atoms with Crippen molar-refractivity contribution < 1.29 is 5.11 Å². The Kier molecular flexibility index (Phi) is 3.02. The highest BCUT2D eigenvalue weighted by Crippen LogP contribution is 2.24. The van der Waals surface area contributed by atoms with Gasteiger partial charge < -0.3 is 5.11 Å². The third kappa shape index (κ3) is 2.23. The molecule has 0 aliphatic rings. The van der Waals surface area contributed by atoms with Crippen molar-refractivity contribution in [1.82, 2.24) is 4.98 Å². The van der Waals surface area contributed by atoms with Crippen LogP contribution in [0.1, 0.15) is 22.9 Å². The first-order valence-electron chi connectivity index (χ1n) is 6.35. The van der Waals surface area contributed by atoms with Crippen LogP contribution in [0.3, 0.4) is 0 Å². The van der Waals surface area contributed by atoms with Gasteiger partial charge in [-0.05, 0) is 30.2 Å². The number of aryl methyl sites for hydroxylation is 1. The zero-order valence-corrected chi connectivity index (χ0v) is 10.7. The second-order valence-electron chi connectivity index (χ2n) is 4.69. The van der Waals surface area contributed by atoms with E-state index in [4.69, 9.17) is 0 Å². The van der Waals surface area contributed by atoms with Gasteiger partial charge in [-0.1, -0.05) is 48.5 Å². The lowest BCUT2D eigenvalue weighted by molar-refractivity contribution is 0.215. The molecule has 0 saturated heterocycles. The first kappa shape index (κ1) is 11.9. The van der Waals surface area contributed by atoms with Crippen LogP contribution in [0, 0.1) is 6.92 Å². The predicted molar refractivity (Wildman–Crippen MR) is 77.0 cm³/mol. The second kappa shape index (κ2) is 4.82. The molecule has 2 nitrogen and oxygen atoms in total. The average Bonchev–Trinajstić information content (AvgIpc) is 2.47. The van der Waals surface area contributed by atoms with Crippen molar-refractivity contribution in [3.8, 4) is 0 Å². The Hall–Kier alpha value is -2.19. The number of aromatic nitrogens is 1. The minimum absolute atomic E-state index is 0.676. The second-order valence-corrected chi connectivity index (χ2v) is 4.69. The summed E-state index contributed by atoms with van der Waals surface area (Å²) in [4.78, 5) is 4.56. The SMILES string of the molecule is Cc1cc([C@@H](O)c2ccccc2)nc2ccccc12. The van der Waals surface area contributed by atoms with Crippen LogP contribution in [0.5, 0.6) is 0 Å². The highest BCUT2D eigenvalue weighted by atomic mass is 16.3. The maximum absolute atomic E-state index is 10.4. The fourth-order valence-electron chi connectivity index (χ4n) is 2.32. The van der Waals surface area contributed by atoms with Crippen LogP contribution in [0.4, 0.5) is 0 Å². The van der Waals surface area contributed by atoms with Crippen LogP contribution in [-0.4, -0.2) is 10.1 Å². The number of aliphatic hydroxyl groups is 1. The Morgan fingerprint density at radius 3 is 2.42 bits per heavy atom. The molecule has 1 N–H and O–H groups in total. The van der Waals surface area contributed by atoms with Crippen molar-refractivity contribution in [1.29, 1.82) is 0 Å². The van der Waals surface area contributed by atoms with Gasteiger partial charge in [0, 0.05) is 5.39 Å². The Labute approximate surface area is 112 Å². The van der Waals surface area contributed by atoms with E-state index in [0.717, 1.165) is 22.0 Å². The van der Waals surface area contributed by atoms with Crippen LogP contribution in [0.25, 0.3) is 10.9 Å². The van der Waals surface area contributed by atoms with Gasteiger partial charge in [-0.3, -0.25) is 0 Å². The molecule has 1 aromatic heterocycles. The van der Waals surface area contributed by atoms with E-state index in [1.807, 2.05) is 61.5 Å². The minimum Gasteiger partial charge on any atom is -0.382 e. The molecule has 0 radical (unpaired) electrons. The number of pyridine rings is 1. The van der Waals surface area contributed by atoms with Gasteiger partial charge in [0.05, 0.1) is 11.2 Å². The molecule has 0 saturated carbocycles. The van der Waals surface area contributed by atoms with E-state index in [2.05, 4.69) is 11.1 Å². The molecule has 19 heavy (non-hydrogen) atoms. The molecule has 0 spiro atoms. The fourth-order valence-corrected chi connectivity index (χ4v) is 2.32. The summed E-state index contributed by atoms with van der Waals surface area (Å²) in [5.41, 5.74) is 3.62. The zero-order chi connectivity index (χ0) is 13.2. The summed E-state index contributed by atoms with van der Waals surface area (Å²) in [7, 11) is 0. The van der Waals surface area contributed by atoms with Gasteiger partial charge in [-0.2, -0.15) is 0 Å². The van der Waals surface area contributed by atoms with E-state index in [1.165, 1.54) is 0 Å². The number of benzene rings is 2. The van der Waals surface area contributed by atoms with Crippen molar-refractivity contribution in [2.75, 3.05) is 0 Å². The molecular weight excluding hydrogens is 234 g/mol. The highest BCUT2D eigenvalue weighted by molar-refractivity contribution is 5.82. The van der Waals surface area contributed by atoms with E-state index in [0.29, 0.717) is 5.69 Å². The van der Waals surface area contributed by atoms with E-state index in [9.17, 15) is 5.11 Å². The molecule has 2 aromatic carbocycles. The van der Waals surface area contributed by atoms with E-state index < -0.39 is 6.10 Å². The van der Waals surface area contributed by atoms with Crippen LogP contribution in [-0.2, 0) is 0 Å². The molecule has 1 heterocycles. The molecule has 1 atom stereocenters. The molecule has 0 aliphatic carbocycles. The third-order valence-electron chi connectivity index (χ3n) is 3.34. The summed E-state index contributed by atoms with van der Waals surface area (Å²) in [5, 5.41) is 11.5. The molecule has 94 valence electrons. The summed E-state index contributed by atoms with van der Waals surface area (Å²) in [5.74, 6) is 0. The molecule has 3 rings (SSSR count). The lowest BCUT2D eigenvalue weighted by atomic mass is 10.0. The maximum Gasteiger partial charge on any atom is 0.121 e. The monoisotopic (exact) mass is 249 g/mol. The topological polar surface area (TPSA) is 33.1 Å². The number of rotatable bonds is 2. The standard InChI is InChI=1S/C17H15NO/c1-12-11-16(17(19)13-7-3-2-4-8-13)18-15-10-6-5-9-14(12)15/h2-11,17,19H,1H3/t17-/m0/s1. The quantitative estimate of drug-likeness (QED) is 0.752. The largest absolute Gasteiger partial charge is 0.382 e. The minimum atomic E-state index is -0.676. The van der Waals surface area contributed by atoms with Crippen molar-refractivity contribution in [2.45, 2.75) is 13.0 Å². The molecule has 0 bridgehead atoms. The number of hydrogen-bond acceptors (Lipinski definition) is 2. The molecule has 2 heteroatoms. The molecular formula is C17H15NO. The smallest absolute Gasteiger partial charge is 0.121 e. The van der Waals surface area contributed by atoms with Gasteiger partial charge in [-0.15, -0.1) is 0 Å². The Morgan fingerprint density at radius 1 is 0.947 bits per heavy atom. The summed E-state index contributed by atoms with van der Waals surface area (Å²) in [6, 6.07) is 19.6. The molecule has 3 aromatic rings. The lowest BCUT2D eigenvalue weighted by Crippen LogP contribution is -2.03. The summed E-state index contributed by atoms with van der Waals surface area (Å²) in [6.45, 7) is 2.05. The number of nitrogens with zero attached hydrogens (tertiary/aromatic N) is 1. The fraction of sp³-hybridized carbons (Fsp3) is 0.118. The Balaban J connectivity index is 2.11. The van der Waals surface area contributed by atoms with E-state index >= 15 is 0 Å². The highest BCUT2D eigenvalue weighted by Gasteiger charge is 2.13. The van der Waals surface area contributed by atoms with Crippen molar-refractivity contribution in [3.63, 3.8) is 0 Å². The van der Waals surface area contributed by atoms with Gasteiger partial charge in [-0.25, -0.2) is 4.98 Å². The van der Waals surface area contributed by atoms with Gasteiger partial charge >= 0.3 is 0 Å². The van der Waals surface area contributed by atoms with Gasteiger partial charge in [0.15, 0.2) is 0 Å². The number of para-hydroxylation sites is 1. The first-order valence-corrected chi connectivity index (χ1v) is 6.35. The number of aliphatic hydroxyl groups excluding tert-OH is 1. The van der Waals surface area contributed by atoms with Crippen LogP contribution in [0.2, 0.25) is 0 Å². The third-order valence-corrected chi connectivity index (χ3v) is 3.34. The van der Waals surface area contributed by atoms with Crippen LogP contribution >= 0.6 is 0 Å². The molecule has 0 aliphatic heterocycles. The summed E-state index contributed by atoms with van der Waals surface area (Å²) >= 11 is 0. The Bertz CT molecular complexity index is 707.